The largest absolute Gasteiger partial charge is 0.497 e. The molecule has 3 rings (SSSR count). The Bertz CT molecular complexity index is 768. The maximum atomic E-state index is 11.8. The highest BCUT2D eigenvalue weighted by Crippen LogP contribution is 2.19. The first-order valence-electron chi connectivity index (χ1n) is 9.02. The van der Waals surface area contributed by atoms with E-state index in [9.17, 15) is 4.79 Å². The van der Waals surface area contributed by atoms with Crippen LogP contribution in [0.2, 0.25) is 0 Å². The van der Waals surface area contributed by atoms with Crippen molar-refractivity contribution in [3.63, 3.8) is 0 Å². The predicted octanol–water partition coefficient (Wildman–Crippen LogP) is 3.12. The maximum Gasteiger partial charge on any atom is 0.258 e. The van der Waals surface area contributed by atoms with Crippen LogP contribution in [-0.2, 0) is 9.53 Å². The van der Waals surface area contributed by atoms with Gasteiger partial charge in [0.1, 0.15) is 11.5 Å². The molecule has 0 spiro atoms. The van der Waals surface area contributed by atoms with Crippen molar-refractivity contribution in [1.29, 1.82) is 0 Å². The van der Waals surface area contributed by atoms with Gasteiger partial charge in [-0.05, 0) is 54.8 Å². The number of hydrogen-bond donors (Lipinski definition) is 1. The summed E-state index contributed by atoms with van der Waals surface area (Å²) in [6, 6.07) is 15.0. The molecule has 1 aliphatic heterocycles. The lowest BCUT2D eigenvalue weighted by atomic mass is 10.2. The van der Waals surface area contributed by atoms with Crippen LogP contribution in [0.5, 0.6) is 11.5 Å². The van der Waals surface area contributed by atoms with Crippen LogP contribution in [0.15, 0.2) is 53.5 Å². The van der Waals surface area contributed by atoms with Gasteiger partial charge < -0.3 is 19.5 Å². The lowest BCUT2D eigenvalue weighted by molar-refractivity contribution is -0.123. The molecular formula is C21H24N2O4. The summed E-state index contributed by atoms with van der Waals surface area (Å²) >= 11 is 0. The van der Waals surface area contributed by atoms with Crippen LogP contribution >= 0.6 is 0 Å². The van der Waals surface area contributed by atoms with Gasteiger partial charge in [-0.1, -0.05) is 6.07 Å². The van der Waals surface area contributed by atoms with Gasteiger partial charge in [-0.2, -0.15) is 0 Å². The van der Waals surface area contributed by atoms with Gasteiger partial charge in [-0.15, -0.1) is 0 Å². The minimum Gasteiger partial charge on any atom is -0.497 e. The zero-order chi connectivity index (χ0) is 18.9. The Morgan fingerprint density at radius 3 is 2.85 bits per heavy atom. The molecule has 1 saturated heterocycles. The van der Waals surface area contributed by atoms with Gasteiger partial charge in [0.25, 0.3) is 5.91 Å². The second-order valence-electron chi connectivity index (χ2n) is 6.26. The molecular weight excluding hydrogens is 344 g/mol. The average molecular weight is 368 g/mol. The summed E-state index contributed by atoms with van der Waals surface area (Å²) < 4.78 is 16.2. The molecule has 142 valence electrons. The van der Waals surface area contributed by atoms with E-state index in [1.807, 2.05) is 48.5 Å². The molecule has 0 unspecified atom stereocenters. The average Bonchev–Trinajstić information content (AvgIpc) is 3.24. The highest BCUT2D eigenvalue weighted by molar-refractivity contribution is 5.82. The van der Waals surface area contributed by atoms with Crippen LogP contribution in [0, 0.1) is 0 Å². The number of aliphatic imine (C=N–C) groups is 1. The molecule has 0 saturated carbocycles. The summed E-state index contributed by atoms with van der Waals surface area (Å²) in [6.45, 7) is 1.32. The third-order valence-corrected chi connectivity index (χ3v) is 4.22. The Kier molecular flexibility index (Phi) is 6.82. The van der Waals surface area contributed by atoms with Crippen molar-refractivity contribution in [3.05, 3.63) is 54.1 Å². The van der Waals surface area contributed by atoms with Crippen LogP contribution in [0.3, 0.4) is 0 Å². The number of methoxy groups -OCH3 is 1. The molecule has 0 aliphatic carbocycles. The van der Waals surface area contributed by atoms with Crippen molar-refractivity contribution in [2.24, 2.45) is 4.99 Å². The monoisotopic (exact) mass is 368 g/mol. The Balaban J connectivity index is 1.45. The molecule has 6 heteroatoms. The van der Waals surface area contributed by atoms with Crippen molar-refractivity contribution < 1.29 is 19.0 Å². The highest BCUT2D eigenvalue weighted by Gasteiger charge is 2.16. The van der Waals surface area contributed by atoms with Crippen molar-refractivity contribution >= 4 is 17.8 Å². The summed E-state index contributed by atoms with van der Waals surface area (Å²) in [5.74, 6) is 1.26. The number of carbonyl (C=O) groups is 1. The summed E-state index contributed by atoms with van der Waals surface area (Å²) in [6.07, 6.45) is 3.97. The summed E-state index contributed by atoms with van der Waals surface area (Å²) in [7, 11) is 1.63. The molecule has 2 aromatic rings. The molecule has 0 bridgehead atoms. The molecule has 2 aromatic carbocycles. The lowest BCUT2D eigenvalue weighted by Gasteiger charge is -2.11. The molecule has 0 radical (unpaired) electrons. The summed E-state index contributed by atoms with van der Waals surface area (Å²) in [5.41, 5.74) is 1.76. The molecule has 1 N–H and O–H groups in total. The number of rotatable bonds is 8. The molecule has 1 amide bonds. The molecule has 1 aliphatic rings. The van der Waals surface area contributed by atoms with E-state index in [1.54, 1.807) is 13.3 Å². The molecule has 1 fully saturated rings. The molecule has 0 aromatic heterocycles. The van der Waals surface area contributed by atoms with Gasteiger partial charge in [0.05, 0.1) is 18.9 Å². The first-order valence-corrected chi connectivity index (χ1v) is 9.02. The third kappa shape index (κ3) is 6.11. The number of amides is 1. The fourth-order valence-electron chi connectivity index (χ4n) is 2.72. The maximum absolute atomic E-state index is 11.8. The normalized spacial score (nSPS) is 16.4. The Labute approximate surface area is 159 Å². The van der Waals surface area contributed by atoms with E-state index in [0.717, 1.165) is 36.4 Å². The number of carbonyl (C=O) groups excluding carboxylic acids is 1. The molecule has 1 atom stereocenters. The lowest BCUT2D eigenvalue weighted by Crippen LogP contribution is -2.35. The van der Waals surface area contributed by atoms with Crippen LogP contribution in [-0.4, -0.2) is 45.1 Å². The number of hydrogen-bond acceptors (Lipinski definition) is 5. The number of nitrogens with one attached hydrogen (secondary N) is 1. The molecule has 1 heterocycles. The van der Waals surface area contributed by atoms with E-state index in [2.05, 4.69) is 10.3 Å². The second-order valence-corrected chi connectivity index (χ2v) is 6.26. The molecule has 6 nitrogen and oxygen atoms in total. The van der Waals surface area contributed by atoms with Gasteiger partial charge in [0.2, 0.25) is 0 Å². The predicted molar refractivity (Wildman–Crippen MR) is 104 cm³/mol. The molecule has 27 heavy (non-hydrogen) atoms. The first kappa shape index (κ1) is 18.9. The zero-order valence-corrected chi connectivity index (χ0v) is 15.4. The van der Waals surface area contributed by atoms with Gasteiger partial charge in [-0.3, -0.25) is 9.79 Å². The van der Waals surface area contributed by atoms with E-state index in [1.165, 1.54) is 0 Å². The SMILES string of the molecule is COc1cccc(N=Cc2ccc(OCC(=O)NC[C@H]3CCCO3)cc2)c1. The van der Waals surface area contributed by atoms with E-state index < -0.39 is 0 Å². The zero-order valence-electron chi connectivity index (χ0n) is 15.4. The van der Waals surface area contributed by atoms with Crippen molar-refractivity contribution in [2.75, 3.05) is 26.9 Å². The van der Waals surface area contributed by atoms with Crippen LogP contribution < -0.4 is 14.8 Å². The van der Waals surface area contributed by atoms with E-state index in [-0.39, 0.29) is 18.6 Å². The first-order chi connectivity index (χ1) is 13.2. The van der Waals surface area contributed by atoms with Crippen molar-refractivity contribution in [2.45, 2.75) is 18.9 Å². The Morgan fingerprint density at radius 2 is 2.11 bits per heavy atom. The van der Waals surface area contributed by atoms with E-state index >= 15 is 0 Å². The Hall–Kier alpha value is -2.86. The topological polar surface area (TPSA) is 69.2 Å². The highest BCUT2D eigenvalue weighted by atomic mass is 16.5. The fraction of sp³-hybridized carbons (Fsp3) is 0.333. The summed E-state index contributed by atoms with van der Waals surface area (Å²) in [5, 5.41) is 2.83. The minimum atomic E-state index is -0.144. The second kappa shape index (κ2) is 9.73. The number of ether oxygens (including phenoxy) is 3. The van der Waals surface area contributed by atoms with Crippen LogP contribution in [0.25, 0.3) is 0 Å². The van der Waals surface area contributed by atoms with Crippen LogP contribution in [0.1, 0.15) is 18.4 Å². The van der Waals surface area contributed by atoms with Crippen molar-refractivity contribution in [1.82, 2.24) is 5.32 Å². The van der Waals surface area contributed by atoms with Crippen molar-refractivity contribution in [3.8, 4) is 11.5 Å². The fourth-order valence-corrected chi connectivity index (χ4v) is 2.72. The summed E-state index contributed by atoms with van der Waals surface area (Å²) in [4.78, 5) is 16.3. The number of benzene rings is 2. The minimum absolute atomic E-state index is 0.00995. The smallest absolute Gasteiger partial charge is 0.258 e. The quantitative estimate of drug-likeness (QED) is 0.727. The number of nitrogens with zero attached hydrogens (tertiary/aromatic N) is 1. The van der Waals surface area contributed by atoms with Gasteiger partial charge >= 0.3 is 0 Å². The van der Waals surface area contributed by atoms with E-state index in [0.29, 0.717) is 12.3 Å². The van der Waals surface area contributed by atoms with Gasteiger partial charge in [0, 0.05) is 25.4 Å². The standard InChI is InChI=1S/C21H24N2O4/c1-25-19-5-2-4-17(12-19)22-13-16-7-9-18(10-8-16)27-15-21(24)23-14-20-6-3-11-26-20/h2,4-5,7-10,12-13,20H,3,6,11,14-15H2,1H3,(H,23,24)/t20-/m1/s1. The third-order valence-electron chi connectivity index (χ3n) is 4.22. The van der Waals surface area contributed by atoms with Gasteiger partial charge in [-0.25, -0.2) is 0 Å². The van der Waals surface area contributed by atoms with E-state index in [4.69, 9.17) is 14.2 Å². The van der Waals surface area contributed by atoms with Gasteiger partial charge in [0.15, 0.2) is 6.61 Å². The van der Waals surface area contributed by atoms with Crippen LogP contribution in [0.4, 0.5) is 5.69 Å². The Morgan fingerprint density at radius 1 is 1.26 bits per heavy atom.